The average molecular weight is 484 g/mol. The number of alkyl halides is 3. The topological polar surface area (TPSA) is 59.2 Å². The lowest BCUT2D eigenvalue weighted by Gasteiger charge is -2.31. The second-order valence-corrected chi connectivity index (χ2v) is 10.1. The van der Waals surface area contributed by atoms with Gasteiger partial charge in [-0.3, -0.25) is 9.69 Å². The summed E-state index contributed by atoms with van der Waals surface area (Å²) in [7, 11) is 0. The lowest BCUT2D eigenvalue weighted by molar-refractivity contribution is -0.137. The normalized spacial score (nSPS) is 14.8. The molecule has 0 bridgehead atoms. The molecule has 9 heteroatoms. The Morgan fingerprint density at radius 1 is 1.03 bits per heavy atom. The van der Waals surface area contributed by atoms with Crippen LogP contribution in [0.2, 0.25) is 0 Å². The monoisotopic (exact) mass is 483 g/mol. The second-order valence-electron chi connectivity index (χ2n) is 8.04. The number of carbonyl (C=O) groups excluding carboxylic acids is 1. The van der Waals surface area contributed by atoms with Gasteiger partial charge in [-0.15, -0.1) is 11.3 Å². The lowest BCUT2D eigenvalue weighted by atomic mass is 10.1. The van der Waals surface area contributed by atoms with Gasteiger partial charge >= 0.3 is 6.18 Å². The van der Waals surface area contributed by atoms with Crippen molar-refractivity contribution in [1.29, 1.82) is 0 Å². The SMILES string of the molecule is Nc1c(C(=O)N2c3ccccc3Sc3ccc(C(F)(F)F)cc32)sc2nc3c(cc12)CCC3. The summed E-state index contributed by atoms with van der Waals surface area (Å²) in [5.74, 6) is -0.455. The zero-order valence-corrected chi connectivity index (χ0v) is 18.7. The lowest BCUT2D eigenvalue weighted by Crippen LogP contribution is -2.28. The first kappa shape index (κ1) is 20.6. The highest BCUT2D eigenvalue weighted by Crippen LogP contribution is 2.51. The molecule has 166 valence electrons. The van der Waals surface area contributed by atoms with Crippen LogP contribution in [0, 0.1) is 0 Å². The van der Waals surface area contributed by atoms with Gasteiger partial charge in [-0.2, -0.15) is 13.2 Å². The van der Waals surface area contributed by atoms with Crippen LogP contribution in [0.3, 0.4) is 0 Å². The molecule has 3 heterocycles. The van der Waals surface area contributed by atoms with Crippen LogP contribution in [0.4, 0.5) is 30.2 Å². The van der Waals surface area contributed by atoms with Gasteiger partial charge in [0.25, 0.3) is 5.91 Å². The molecule has 2 aromatic heterocycles. The molecular weight excluding hydrogens is 467 g/mol. The maximum Gasteiger partial charge on any atom is 0.416 e. The number of aryl methyl sites for hydroxylation is 2. The number of hydrogen-bond acceptors (Lipinski definition) is 5. The number of aromatic nitrogens is 1. The molecule has 1 amide bonds. The minimum Gasteiger partial charge on any atom is -0.397 e. The summed E-state index contributed by atoms with van der Waals surface area (Å²) in [6.07, 6.45) is -1.64. The van der Waals surface area contributed by atoms with Crippen LogP contribution in [0.5, 0.6) is 0 Å². The number of anilines is 3. The molecule has 0 saturated carbocycles. The summed E-state index contributed by atoms with van der Waals surface area (Å²) in [6.45, 7) is 0. The molecule has 6 rings (SSSR count). The molecule has 1 aliphatic heterocycles. The van der Waals surface area contributed by atoms with Crippen molar-refractivity contribution < 1.29 is 18.0 Å². The summed E-state index contributed by atoms with van der Waals surface area (Å²) >= 11 is 2.53. The maximum absolute atomic E-state index is 13.9. The Kier molecular flexibility index (Phi) is 4.50. The quantitative estimate of drug-likeness (QED) is 0.322. The first-order chi connectivity index (χ1) is 15.8. The molecule has 4 aromatic rings. The number of fused-ring (bicyclic) bond motifs is 4. The van der Waals surface area contributed by atoms with E-state index in [1.807, 2.05) is 18.2 Å². The van der Waals surface area contributed by atoms with Gasteiger partial charge in [0, 0.05) is 20.9 Å². The van der Waals surface area contributed by atoms with Crippen molar-refractivity contribution in [2.75, 3.05) is 10.6 Å². The van der Waals surface area contributed by atoms with Crippen molar-refractivity contribution in [3.8, 4) is 0 Å². The van der Waals surface area contributed by atoms with E-state index in [2.05, 4.69) is 0 Å². The number of halogens is 3. The van der Waals surface area contributed by atoms with Crippen LogP contribution in [-0.2, 0) is 19.0 Å². The maximum atomic E-state index is 13.9. The van der Waals surface area contributed by atoms with E-state index in [9.17, 15) is 18.0 Å². The van der Waals surface area contributed by atoms with Crippen molar-refractivity contribution >= 4 is 56.3 Å². The number of nitrogens with two attached hydrogens (primary N) is 1. The predicted octanol–water partition coefficient (Wildman–Crippen LogP) is 6.83. The number of thiophene rings is 1. The summed E-state index contributed by atoms with van der Waals surface area (Å²) in [4.78, 5) is 22.3. The third kappa shape index (κ3) is 3.21. The first-order valence-electron chi connectivity index (χ1n) is 10.3. The molecular formula is C24H16F3N3OS2. The van der Waals surface area contributed by atoms with E-state index in [1.165, 1.54) is 34.1 Å². The third-order valence-electron chi connectivity index (χ3n) is 6.00. The summed E-state index contributed by atoms with van der Waals surface area (Å²) in [5, 5.41) is 0.730. The third-order valence-corrected chi connectivity index (χ3v) is 8.23. The van der Waals surface area contributed by atoms with Crippen LogP contribution in [0.15, 0.2) is 58.3 Å². The summed E-state index contributed by atoms with van der Waals surface area (Å²) in [5.41, 5.74) is 8.85. The van der Waals surface area contributed by atoms with E-state index >= 15 is 0 Å². The van der Waals surface area contributed by atoms with Gasteiger partial charge < -0.3 is 5.73 Å². The molecule has 0 spiro atoms. The zero-order valence-electron chi connectivity index (χ0n) is 17.1. The van der Waals surface area contributed by atoms with Gasteiger partial charge in [-0.05, 0) is 61.2 Å². The van der Waals surface area contributed by atoms with Gasteiger partial charge in [0.05, 0.1) is 22.6 Å². The standard InChI is InChI=1S/C24H16F3N3OS2/c25-24(26,27)13-8-9-19-17(11-13)30(16-6-1-2-7-18(16)32-19)23(31)21-20(28)14-10-12-4-3-5-15(12)29-22(14)33-21/h1-2,6-11H,3-5,28H2. The predicted molar refractivity (Wildman–Crippen MR) is 125 cm³/mol. The number of para-hydroxylation sites is 1. The fourth-order valence-electron chi connectivity index (χ4n) is 4.41. The first-order valence-corrected chi connectivity index (χ1v) is 12.0. The van der Waals surface area contributed by atoms with Crippen LogP contribution in [0.25, 0.3) is 10.2 Å². The largest absolute Gasteiger partial charge is 0.416 e. The highest BCUT2D eigenvalue weighted by molar-refractivity contribution is 7.99. The molecule has 0 fully saturated rings. The van der Waals surface area contributed by atoms with E-state index < -0.39 is 17.6 Å². The molecule has 1 aliphatic carbocycles. The number of nitrogen functional groups attached to an aromatic ring is 1. The fraction of sp³-hybridized carbons (Fsp3) is 0.167. The Hall–Kier alpha value is -3.04. The average Bonchev–Trinajstić information content (AvgIpc) is 3.38. The van der Waals surface area contributed by atoms with Crippen molar-refractivity contribution in [2.24, 2.45) is 0 Å². The second kappa shape index (κ2) is 7.23. The van der Waals surface area contributed by atoms with Crippen molar-refractivity contribution in [3.05, 3.63) is 70.2 Å². The molecule has 2 aromatic carbocycles. The van der Waals surface area contributed by atoms with E-state index in [0.717, 1.165) is 52.9 Å². The Morgan fingerprint density at radius 3 is 2.64 bits per heavy atom. The van der Waals surface area contributed by atoms with E-state index in [0.29, 0.717) is 21.1 Å². The minimum atomic E-state index is -4.52. The Balaban J connectivity index is 1.53. The van der Waals surface area contributed by atoms with Crippen molar-refractivity contribution in [2.45, 2.75) is 35.2 Å². The van der Waals surface area contributed by atoms with Crippen molar-refractivity contribution in [3.63, 3.8) is 0 Å². The number of hydrogen-bond donors (Lipinski definition) is 1. The Morgan fingerprint density at radius 2 is 1.82 bits per heavy atom. The van der Waals surface area contributed by atoms with Gasteiger partial charge in [0.2, 0.25) is 0 Å². The molecule has 33 heavy (non-hydrogen) atoms. The van der Waals surface area contributed by atoms with Crippen molar-refractivity contribution in [1.82, 2.24) is 4.98 Å². The number of pyridine rings is 1. The van der Waals surface area contributed by atoms with Crippen LogP contribution in [0.1, 0.15) is 32.9 Å². The van der Waals surface area contributed by atoms with E-state index in [1.54, 1.807) is 12.1 Å². The number of amides is 1. The van der Waals surface area contributed by atoms with Gasteiger partial charge in [0.15, 0.2) is 0 Å². The Labute approximate surface area is 195 Å². The highest BCUT2D eigenvalue weighted by Gasteiger charge is 2.36. The molecule has 0 radical (unpaired) electrons. The number of rotatable bonds is 1. The Bertz CT molecular complexity index is 1460. The minimum absolute atomic E-state index is 0.200. The smallest absolute Gasteiger partial charge is 0.397 e. The molecule has 4 nitrogen and oxygen atoms in total. The van der Waals surface area contributed by atoms with Gasteiger partial charge in [0.1, 0.15) is 9.71 Å². The van der Waals surface area contributed by atoms with E-state index in [4.69, 9.17) is 10.7 Å². The molecule has 0 saturated heterocycles. The number of nitrogens with zero attached hydrogens (tertiary/aromatic N) is 2. The van der Waals surface area contributed by atoms with Gasteiger partial charge in [-0.1, -0.05) is 23.9 Å². The summed E-state index contributed by atoms with van der Waals surface area (Å²) in [6, 6.07) is 12.7. The van der Waals surface area contributed by atoms with E-state index in [-0.39, 0.29) is 10.6 Å². The molecule has 2 aliphatic rings. The molecule has 2 N–H and O–H groups in total. The summed E-state index contributed by atoms with van der Waals surface area (Å²) < 4.78 is 40.5. The van der Waals surface area contributed by atoms with Crippen LogP contribution < -0.4 is 10.6 Å². The van der Waals surface area contributed by atoms with Crippen LogP contribution >= 0.6 is 23.1 Å². The van der Waals surface area contributed by atoms with Crippen LogP contribution in [-0.4, -0.2) is 10.9 Å². The zero-order chi connectivity index (χ0) is 22.9. The molecule has 0 unspecified atom stereocenters. The number of carbonyl (C=O) groups is 1. The van der Waals surface area contributed by atoms with Gasteiger partial charge in [-0.25, -0.2) is 4.98 Å². The highest BCUT2D eigenvalue weighted by atomic mass is 32.2. The number of benzene rings is 2. The molecule has 0 atom stereocenters. The fourth-order valence-corrected chi connectivity index (χ4v) is 6.47.